The van der Waals surface area contributed by atoms with Crippen molar-refractivity contribution in [1.82, 2.24) is 0 Å². The monoisotopic (exact) mass is 414 g/mol. The molecular weight excluding hydrogens is 368 g/mol. The van der Waals surface area contributed by atoms with E-state index in [-0.39, 0.29) is 13.2 Å². The van der Waals surface area contributed by atoms with Crippen LogP contribution in [0, 0.1) is 0 Å². The summed E-state index contributed by atoms with van der Waals surface area (Å²) in [5.41, 5.74) is 0. The molecule has 0 spiro atoms. The number of hydrogen-bond acceptors (Lipinski definition) is 5. The van der Waals surface area contributed by atoms with E-state index >= 15 is 0 Å². The van der Waals surface area contributed by atoms with Crippen LogP contribution in [0.4, 0.5) is 0 Å². The van der Waals surface area contributed by atoms with E-state index in [0.717, 1.165) is 12.8 Å². The van der Waals surface area contributed by atoms with Crippen LogP contribution in [-0.4, -0.2) is 59.6 Å². The Bertz CT molecular complexity index is 387. The first kappa shape index (κ1) is 26.6. The molecule has 1 fully saturated rings. The average molecular weight is 415 g/mol. The first-order valence-electron chi connectivity index (χ1n) is 12.1. The molecule has 0 amide bonds. The van der Waals surface area contributed by atoms with Crippen molar-refractivity contribution < 1.29 is 24.8 Å². The third kappa shape index (κ3) is 12.7. The Balaban J connectivity index is 1.85. The lowest BCUT2D eigenvalue weighted by Crippen LogP contribution is -2.42. The van der Waals surface area contributed by atoms with Crippen LogP contribution in [0.1, 0.15) is 96.8 Å². The Kier molecular flexibility index (Phi) is 16.8. The summed E-state index contributed by atoms with van der Waals surface area (Å²) in [6, 6.07) is 0. The molecule has 0 aromatic heterocycles. The van der Waals surface area contributed by atoms with Crippen LogP contribution >= 0.6 is 0 Å². The van der Waals surface area contributed by atoms with Gasteiger partial charge in [-0.05, 0) is 32.1 Å². The zero-order chi connectivity index (χ0) is 21.2. The molecule has 1 heterocycles. The summed E-state index contributed by atoms with van der Waals surface area (Å²) in [6.45, 7) is 2.70. The minimum Gasteiger partial charge on any atom is -0.394 e. The van der Waals surface area contributed by atoms with Gasteiger partial charge in [0, 0.05) is 6.61 Å². The molecule has 172 valence electrons. The van der Waals surface area contributed by atoms with Gasteiger partial charge in [-0.15, -0.1) is 0 Å². The van der Waals surface area contributed by atoms with E-state index in [4.69, 9.17) is 9.47 Å². The van der Waals surface area contributed by atoms with Crippen LogP contribution in [0.2, 0.25) is 0 Å². The van der Waals surface area contributed by atoms with Crippen LogP contribution in [-0.2, 0) is 9.47 Å². The maximum atomic E-state index is 9.83. The summed E-state index contributed by atoms with van der Waals surface area (Å²) >= 11 is 0. The van der Waals surface area contributed by atoms with Gasteiger partial charge in [0.15, 0.2) is 0 Å². The van der Waals surface area contributed by atoms with Crippen molar-refractivity contribution in [2.24, 2.45) is 0 Å². The zero-order valence-corrected chi connectivity index (χ0v) is 18.6. The summed E-state index contributed by atoms with van der Waals surface area (Å²) in [5, 5.41) is 28.8. The fourth-order valence-corrected chi connectivity index (χ4v) is 3.79. The van der Waals surface area contributed by atoms with E-state index in [9.17, 15) is 15.3 Å². The number of ether oxygens (including phenoxy) is 2. The Morgan fingerprint density at radius 1 is 0.862 bits per heavy atom. The van der Waals surface area contributed by atoms with Crippen molar-refractivity contribution in [2.75, 3.05) is 19.8 Å². The highest BCUT2D eigenvalue weighted by Gasteiger charge is 2.40. The molecule has 5 heteroatoms. The quantitative estimate of drug-likeness (QED) is 0.214. The van der Waals surface area contributed by atoms with E-state index in [1.165, 1.54) is 77.0 Å². The SMILES string of the molecule is CCCCCCCC/C=C/CCCCCCCCO[C@@H](CO)[C@H]1OC[C@@H](O)[C@H]1O. The van der Waals surface area contributed by atoms with Gasteiger partial charge >= 0.3 is 0 Å². The molecule has 0 aromatic carbocycles. The number of rotatable bonds is 19. The number of allylic oxidation sites excluding steroid dienone is 2. The van der Waals surface area contributed by atoms with Gasteiger partial charge < -0.3 is 24.8 Å². The minimum atomic E-state index is -0.980. The fourth-order valence-electron chi connectivity index (χ4n) is 3.79. The lowest BCUT2D eigenvalue weighted by Gasteiger charge is -2.24. The molecule has 1 rings (SSSR count). The van der Waals surface area contributed by atoms with E-state index < -0.39 is 24.4 Å². The van der Waals surface area contributed by atoms with Crippen LogP contribution in [0.5, 0.6) is 0 Å². The second-order valence-corrected chi connectivity index (χ2v) is 8.39. The number of aliphatic hydroxyl groups is 3. The van der Waals surface area contributed by atoms with Crippen LogP contribution in [0.25, 0.3) is 0 Å². The molecular formula is C24H46O5. The second kappa shape index (κ2) is 18.3. The van der Waals surface area contributed by atoms with Crippen LogP contribution < -0.4 is 0 Å². The Hall–Kier alpha value is -0.460. The normalized spacial score (nSPS) is 23.2. The Morgan fingerprint density at radius 2 is 1.41 bits per heavy atom. The van der Waals surface area contributed by atoms with E-state index in [2.05, 4.69) is 19.1 Å². The molecule has 0 aliphatic carbocycles. The van der Waals surface area contributed by atoms with Crippen LogP contribution in [0.15, 0.2) is 12.2 Å². The molecule has 0 unspecified atom stereocenters. The molecule has 1 aliphatic heterocycles. The van der Waals surface area contributed by atoms with Gasteiger partial charge in [-0.3, -0.25) is 0 Å². The van der Waals surface area contributed by atoms with Crippen molar-refractivity contribution in [2.45, 2.75) is 121 Å². The molecule has 0 aromatic rings. The molecule has 29 heavy (non-hydrogen) atoms. The predicted octanol–water partition coefficient (Wildman–Crippen LogP) is 4.52. The largest absolute Gasteiger partial charge is 0.394 e. The maximum absolute atomic E-state index is 9.83. The minimum absolute atomic E-state index is 0.0972. The van der Waals surface area contributed by atoms with Gasteiger partial charge in [-0.1, -0.05) is 76.9 Å². The summed E-state index contributed by atoms with van der Waals surface area (Å²) in [5.74, 6) is 0. The van der Waals surface area contributed by atoms with E-state index in [1.54, 1.807) is 0 Å². The van der Waals surface area contributed by atoms with Gasteiger partial charge in [0.2, 0.25) is 0 Å². The van der Waals surface area contributed by atoms with Crippen molar-refractivity contribution in [3.8, 4) is 0 Å². The molecule has 1 saturated heterocycles. The van der Waals surface area contributed by atoms with Gasteiger partial charge in [0.1, 0.15) is 24.4 Å². The molecule has 1 aliphatic rings. The molecule has 3 N–H and O–H groups in total. The molecule has 4 atom stereocenters. The van der Waals surface area contributed by atoms with Gasteiger partial charge in [-0.2, -0.15) is 0 Å². The lowest BCUT2D eigenvalue weighted by atomic mass is 10.1. The van der Waals surface area contributed by atoms with Gasteiger partial charge in [0.05, 0.1) is 13.2 Å². The smallest absolute Gasteiger partial charge is 0.114 e. The Morgan fingerprint density at radius 3 is 1.93 bits per heavy atom. The first-order chi connectivity index (χ1) is 14.2. The van der Waals surface area contributed by atoms with E-state index in [0.29, 0.717) is 6.61 Å². The molecule has 0 bridgehead atoms. The van der Waals surface area contributed by atoms with Crippen LogP contribution in [0.3, 0.4) is 0 Å². The van der Waals surface area contributed by atoms with Gasteiger partial charge in [0.25, 0.3) is 0 Å². The average Bonchev–Trinajstić information content (AvgIpc) is 3.06. The topological polar surface area (TPSA) is 79.2 Å². The van der Waals surface area contributed by atoms with E-state index in [1.807, 2.05) is 0 Å². The third-order valence-electron chi connectivity index (χ3n) is 5.72. The second-order valence-electron chi connectivity index (χ2n) is 8.39. The highest BCUT2D eigenvalue weighted by atomic mass is 16.6. The van der Waals surface area contributed by atoms with Crippen molar-refractivity contribution >= 4 is 0 Å². The predicted molar refractivity (Wildman–Crippen MR) is 118 cm³/mol. The maximum Gasteiger partial charge on any atom is 0.114 e. The highest BCUT2D eigenvalue weighted by Crippen LogP contribution is 2.20. The first-order valence-corrected chi connectivity index (χ1v) is 12.1. The summed E-state index contributed by atoms with van der Waals surface area (Å²) < 4.78 is 11.0. The molecule has 5 nitrogen and oxygen atoms in total. The molecule has 0 radical (unpaired) electrons. The summed E-state index contributed by atoms with van der Waals surface area (Å²) in [4.78, 5) is 0. The zero-order valence-electron chi connectivity index (χ0n) is 18.6. The highest BCUT2D eigenvalue weighted by molar-refractivity contribution is 4.88. The van der Waals surface area contributed by atoms with Crippen molar-refractivity contribution in [1.29, 1.82) is 0 Å². The fraction of sp³-hybridized carbons (Fsp3) is 0.917. The van der Waals surface area contributed by atoms with Crippen molar-refractivity contribution in [3.05, 3.63) is 12.2 Å². The van der Waals surface area contributed by atoms with Gasteiger partial charge in [-0.25, -0.2) is 0 Å². The Labute approximate surface area is 178 Å². The third-order valence-corrected chi connectivity index (χ3v) is 5.72. The number of aliphatic hydroxyl groups excluding tert-OH is 3. The summed E-state index contributed by atoms with van der Waals surface area (Å²) in [7, 11) is 0. The standard InChI is InChI=1S/C24H46O5/c1-2-3-4-5-6-7-8-9-10-11-12-13-14-15-16-17-18-28-22(19-25)24-23(27)21(26)20-29-24/h9-10,21-27H,2-8,11-20H2,1H3/b10-9+/t21-,22+,23-,24-/m1/s1. The number of hydrogen-bond donors (Lipinski definition) is 3. The number of unbranched alkanes of at least 4 members (excludes halogenated alkanes) is 12. The summed E-state index contributed by atoms with van der Waals surface area (Å²) in [6.07, 6.45) is 19.4. The van der Waals surface area contributed by atoms with Crippen molar-refractivity contribution in [3.63, 3.8) is 0 Å². The lowest BCUT2D eigenvalue weighted by molar-refractivity contribution is -0.101. The molecule has 0 saturated carbocycles.